The van der Waals surface area contributed by atoms with Gasteiger partial charge in [0.05, 0.1) is 9.79 Å². The number of benzene rings is 2. The largest absolute Gasteiger partial charge is 0.399 e. The minimum Gasteiger partial charge on any atom is -0.399 e. The molecule has 3 rings (SSSR count). The molecule has 12 nitrogen and oxygen atoms in total. The molecule has 14 heteroatoms. The second-order valence-electron chi connectivity index (χ2n) is 5.69. The van der Waals surface area contributed by atoms with Crippen molar-refractivity contribution in [3.63, 3.8) is 0 Å². The molecule has 0 aliphatic rings. The van der Waals surface area contributed by atoms with E-state index in [1.165, 1.54) is 48.5 Å². The maximum absolute atomic E-state index is 12.4. The number of nitrogens with one attached hydrogen (secondary N) is 2. The normalized spacial score (nSPS) is 11.7. The summed E-state index contributed by atoms with van der Waals surface area (Å²) in [5.41, 5.74) is 17.4. The Kier molecular flexibility index (Phi) is 5.13. The molecule has 0 aliphatic heterocycles. The number of nitrogen functional groups attached to an aromatic ring is 3. The lowest BCUT2D eigenvalue weighted by Crippen LogP contribution is -2.19. The summed E-state index contributed by atoms with van der Waals surface area (Å²) in [5, 5.41) is 0. The summed E-state index contributed by atoms with van der Waals surface area (Å²) < 4.78 is 53.9. The van der Waals surface area contributed by atoms with Gasteiger partial charge in [-0.1, -0.05) is 0 Å². The summed E-state index contributed by atoms with van der Waals surface area (Å²) in [7, 11) is -8.14. The third kappa shape index (κ3) is 4.80. The lowest BCUT2D eigenvalue weighted by Gasteiger charge is -2.10. The van der Waals surface area contributed by atoms with E-state index >= 15 is 0 Å². The van der Waals surface area contributed by atoms with Gasteiger partial charge in [-0.15, -0.1) is 0 Å². The van der Waals surface area contributed by atoms with Gasteiger partial charge in [-0.2, -0.15) is 15.0 Å². The zero-order valence-corrected chi connectivity index (χ0v) is 16.3. The van der Waals surface area contributed by atoms with Crippen LogP contribution in [0.1, 0.15) is 0 Å². The fraction of sp³-hybridized carbons (Fsp3) is 0. The van der Waals surface area contributed by atoms with E-state index in [9.17, 15) is 16.8 Å². The van der Waals surface area contributed by atoms with E-state index < -0.39 is 37.9 Å². The van der Waals surface area contributed by atoms with Crippen LogP contribution in [-0.2, 0) is 20.0 Å². The zero-order chi connectivity index (χ0) is 21.2. The predicted octanol–water partition coefficient (Wildman–Crippen LogP) is 0.220. The summed E-state index contributed by atoms with van der Waals surface area (Å²) in [4.78, 5) is 10.9. The molecule has 152 valence electrons. The van der Waals surface area contributed by atoms with Crippen molar-refractivity contribution in [1.29, 1.82) is 0 Å². The van der Waals surface area contributed by atoms with Crippen LogP contribution in [0.5, 0.6) is 0 Å². The summed E-state index contributed by atoms with van der Waals surface area (Å²) in [6, 6.07) is 10.8. The minimum atomic E-state index is -4.07. The van der Waals surface area contributed by atoms with E-state index in [0.29, 0.717) is 11.4 Å². The molecule has 1 heterocycles. The van der Waals surface area contributed by atoms with Gasteiger partial charge in [-0.25, -0.2) is 26.3 Å². The fourth-order valence-corrected chi connectivity index (χ4v) is 4.02. The average molecular weight is 436 g/mol. The van der Waals surface area contributed by atoms with E-state index in [2.05, 4.69) is 24.4 Å². The second-order valence-corrected chi connectivity index (χ2v) is 9.05. The first-order valence-corrected chi connectivity index (χ1v) is 10.8. The number of rotatable bonds is 6. The summed E-state index contributed by atoms with van der Waals surface area (Å²) in [5.74, 6) is -1.33. The molecule has 0 saturated carbocycles. The number of aromatic nitrogens is 3. The fourth-order valence-electron chi connectivity index (χ4n) is 2.14. The highest BCUT2D eigenvalue weighted by Gasteiger charge is 2.20. The molecule has 0 bridgehead atoms. The molecule has 3 aromatic rings. The lowest BCUT2D eigenvalue weighted by atomic mass is 10.3. The summed E-state index contributed by atoms with van der Waals surface area (Å²) in [6.45, 7) is 0. The number of nitrogens with zero attached hydrogens (tertiary/aromatic N) is 3. The van der Waals surface area contributed by atoms with Crippen LogP contribution in [0.2, 0.25) is 0 Å². The molecule has 0 saturated heterocycles. The maximum atomic E-state index is 12.4. The van der Waals surface area contributed by atoms with Crippen LogP contribution in [0.4, 0.5) is 29.2 Å². The highest BCUT2D eigenvalue weighted by molar-refractivity contribution is 7.93. The van der Waals surface area contributed by atoms with Crippen LogP contribution >= 0.6 is 0 Å². The van der Waals surface area contributed by atoms with Crippen molar-refractivity contribution in [2.75, 3.05) is 26.6 Å². The first-order chi connectivity index (χ1) is 13.5. The number of hydrogen-bond donors (Lipinski definition) is 5. The van der Waals surface area contributed by atoms with Crippen molar-refractivity contribution in [1.82, 2.24) is 15.0 Å². The maximum Gasteiger partial charge on any atom is 0.264 e. The lowest BCUT2D eigenvalue weighted by molar-refractivity contribution is 0.599. The van der Waals surface area contributed by atoms with E-state index in [1.807, 2.05) is 0 Å². The van der Waals surface area contributed by atoms with Crippen molar-refractivity contribution in [3.05, 3.63) is 48.5 Å². The van der Waals surface area contributed by atoms with E-state index in [-0.39, 0.29) is 9.79 Å². The number of anilines is 5. The Labute approximate surface area is 166 Å². The average Bonchev–Trinajstić information content (AvgIpc) is 2.61. The van der Waals surface area contributed by atoms with Gasteiger partial charge in [-0.05, 0) is 48.5 Å². The van der Waals surface area contributed by atoms with Crippen molar-refractivity contribution in [3.8, 4) is 0 Å². The minimum absolute atomic E-state index is 0.102. The Balaban J connectivity index is 1.88. The van der Waals surface area contributed by atoms with Gasteiger partial charge >= 0.3 is 0 Å². The predicted molar refractivity (Wildman–Crippen MR) is 108 cm³/mol. The van der Waals surface area contributed by atoms with E-state index in [4.69, 9.17) is 17.2 Å². The smallest absolute Gasteiger partial charge is 0.264 e. The highest BCUT2D eigenvalue weighted by atomic mass is 32.2. The molecule has 1 aromatic heterocycles. The quantitative estimate of drug-likeness (QED) is 0.332. The Morgan fingerprint density at radius 2 is 0.931 bits per heavy atom. The van der Waals surface area contributed by atoms with E-state index in [1.54, 1.807) is 0 Å². The Hall–Kier alpha value is -3.65. The van der Waals surface area contributed by atoms with Crippen molar-refractivity contribution in [2.24, 2.45) is 0 Å². The molecular weight excluding hydrogens is 420 g/mol. The third-order valence-corrected chi connectivity index (χ3v) is 6.17. The Morgan fingerprint density at radius 3 is 1.28 bits per heavy atom. The molecule has 2 aromatic carbocycles. The van der Waals surface area contributed by atoms with Crippen LogP contribution in [0.15, 0.2) is 58.3 Å². The van der Waals surface area contributed by atoms with Gasteiger partial charge in [0.15, 0.2) is 0 Å². The molecule has 8 N–H and O–H groups in total. The molecule has 29 heavy (non-hydrogen) atoms. The monoisotopic (exact) mass is 436 g/mol. The Morgan fingerprint density at radius 1 is 0.586 bits per heavy atom. The van der Waals surface area contributed by atoms with Crippen LogP contribution in [0, 0.1) is 0 Å². The van der Waals surface area contributed by atoms with Crippen LogP contribution in [0.25, 0.3) is 0 Å². The standard InChI is InChI=1S/C15H16N8O4S2/c16-9-1-5-11(6-2-9)28(24,25)22-14-19-13(18)20-15(21-14)23-29(26,27)12-7-3-10(17)4-8-12/h1-8H,16-17H2,(H4,18,19,20,21,22,23). The van der Waals surface area contributed by atoms with Crippen LogP contribution < -0.4 is 26.6 Å². The van der Waals surface area contributed by atoms with Crippen LogP contribution in [0.3, 0.4) is 0 Å². The van der Waals surface area contributed by atoms with Crippen molar-refractivity contribution >= 4 is 49.3 Å². The second kappa shape index (κ2) is 7.40. The number of nitrogens with two attached hydrogens (primary N) is 3. The molecule has 0 atom stereocenters. The third-order valence-electron chi connectivity index (χ3n) is 3.48. The zero-order valence-electron chi connectivity index (χ0n) is 14.6. The van der Waals surface area contributed by atoms with Gasteiger partial charge in [0, 0.05) is 11.4 Å². The molecular formula is C15H16N8O4S2. The SMILES string of the molecule is Nc1ccc(S(=O)(=O)Nc2nc(N)nc(NS(=O)(=O)c3ccc(N)cc3)n2)cc1. The molecule has 0 radical (unpaired) electrons. The van der Waals surface area contributed by atoms with Crippen molar-refractivity contribution < 1.29 is 16.8 Å². The van der Waals surface area contributed by atoms with Crippen LogP contribution in [-0.4, -0.2) is 31.8 Å². The van der Waals surface area contributed by atoms with Crippen molar-refractivity contribution in [2.45, 2.75) is 9.79 Å². The Bertz CT molecular complexity index is 1150. The van der Waals surface area contributed by atoms with Gasteiger partial charge in [0.25, 0.3) is 20.0 Å². The molecule has 0 fully saturated rings. The van der Waals surface area contributed by atoms with Gasteiger partial charge < -0.3 is 17.2 Å². The topological polar surface area (TPSA) is 209 Å². The first kappa shape index (κ1) is 20.1. The molecule has 0 aliphatic carbocycles. The molecule has 0 amide bonds. The van der Waals surface area contributed by atoms with E-state index in [0.717, 1.165) is 0 Å². The van der Waals surface area contributed by atoms with Gasteiger partial charge in [0.2, 0.25) is 17.8 Å². The number of hydrogen-bond acceptors (Lipinski definition) is 10. The van der Waals surface area contributed by atoms with Gasteiger partial charge in [-0.3, -0.25) is 0 Å². The summed E-state index contributed by atoms with van der Waals surface area (Å²) in [6.07, 6.45) is 0. The highest BCUT2D eigenvalue weighted by Crippen LogP contribution is 2.18. The molecule has 0 spiro atoms. The number of sulfonamides is 2. The summed E-state index contributed by atoms with van der Waals surface area (Å²) >= 11 is 0. The first-order valence-electron chi connectivity index (χ1n) is 7.83. The van der Waals surface area contributed by atoms with Gasteiger partial charge in [0.1, 0.15) is 0 Å². The molecule has 0 unspecified atom stereocenters.